The van der Waals surface area contributed by atoms with Crippen molar-refractivity contribution in [3.63, 3.8) is 0 Å². The molecule has 0 unspecified atom stereocenters. The number of alkyl halides is 2. The quantitative estimate of drug-likeness (QED) is 0.230. The molecule has 1 fully saturated rings. The van der Waals surface area contributed by atoms with E-state index in [-0.39, 0.29) is 48.0 Å². The zero-order valence-corrected chi connectivity index (χ0v) is 24.1. The van der Waals surface area contributed by atoms with Gasteiger partial charge in [0, 0.05) is 60.4 Å². The van der Waals surface area contributed by atoms with E-state index in [0.717, 1.165) is 5.56 Å². The van der Waals surface area contributed by atoms with Crippen LogP contribution in [-0.4, -0.2) is 80.0 Å². The molecule has 12 nitrogen and oxygen atoms in total. The van der Waals surface area contributed by atoms with Crippen LogP contribution < -0.4 is 15.4 Å². The third-order valence-electron chi connectivity index (χ3n) is 6.98. The van der Waals surface area contributed by atoms with E-state index < -0.39 is 6.61 Å². The van der Waals surface area contributed by atoms with Crippen molar-refractivity contribution in [2.24, 2.45) is 0 Å². The number of halogens is 3. The standard InChI is InChI=1S/C28H31ClF2N8O4/c1-2-42-25(41)15-33-20-6-10-37(11-7-20)24(40)17-38-16-22(34-13-18-14-35-39-9-3-8-32-27(18)39)26(36-38)21-12-19(29)4-5-23(21)43-28(30)31/h3-5,8-9,12,14,16,20,28,33-34H,2,6-7,10-11,13,15,17H2,1H3. The fourth-order valence-corrected chi connectivity index (χ4v) is 5.09. The number of nitrogens with one attached hydrogen (secondary N) is 2. The largest absolute Gasteiger partial charge is 0.465 e. The minimum atomic E-state index is -3.06. The Labute approximate surface area is 250 Å². The number of aromatic nitrogens is 5. The lowest BCUT2D eigenvalue weighted by Gasteiger charge is -2.32. The molecule has 0 saturated carbocycles. The first-order valence-corrected chi connectivity index (χ1v) is 14.2. The predicted molar refractivity (Wildman–Crippen MR) is 154 cm³/mol. The molecule has 3 aromatic heterocycles. The van der Waals surface area contributed by atoms with Crippen LogP contribution in [0, 0.1) is 0 Å². The highest BCUT2D eigenvalue weighted by atomic mass is 35.5. The van der Waals surface area contributed by atoms with Gasteiger partial charge in [0.25, 0.3) is 0 Å². The summed E-state index contributed by atoms with van der Waals surface area (Å²) >= 11 is 6.23. The van der Waals surface area contributed by atoms with Crippen LogP contribution in [0.1, 0.15) is 25.3 Å². The molecule has 0 bridgehead atoms. The summed E-state index contributed by atoms with van der Waals surface area (Å²) in [5.74, 6) is -0.556. The molecule has 0 radical (unpaired) electrons. The second-order valence-electron chi connectivity index (χ2n) is 9.86. The first kappa shape index (κ1) is 30.2. The van der Waals surface area contributed by atoms with Crippen LogP contribution in [0.15, 0.2) is 49.1 Å². The van der Waals surface area contributed by atoms with Gasteiger partial charge in [-0.3, -0.25) is 14.3 Å². The van der Waals surface area contributed by atoms with Crippen LogP contribution in [0.5, 0.6) is 5.75 Å². The third kappa shape index (κ3) is 7.56. The van der Waals surface area contributed by atoms with Gasteiger partial charge in [0.1, 0.15) is 18.0 Å². The second-order valence-corrected chi connectivity index (χ2v) is 10.3. The molecule has 15 heteroatoms. The first-order valence-electron chi connectivity index (χ1n) is 13.8. The maximum absolute atomic E-state index is 13.2. The van der Waals surface area contributed by atoms with Crippen LogP contribution in [0.4, 0.5) is 14.5 Å². The molecule has 0 spiro atoms. The lowest BCUT2D eigenvalue weighted by atomic mass is 10.1. The highest BCUT2D eigenvalue weighted by Crippen LogP contribution is 2.37. The number of hydrogen-bond donors (Lipinski definition) is 2. The Morgan fingerprint density at radius 3 is 2.81 bits per heavy atom. The van der Waals surface area contributed by atoms with E-state index >= 15 is 0 Å². The number of ether oxygens (including phenoxy) is 2. The number of carbonyl (C=O) groups is 2. The fourth-order valence-electron chi connectivity index (χ4n) is 4.92. The average molecular weight is 617 g/mol. The van der Waals surface area contributed by atoms with E-state index in [4.69, 9.17) is 21.1 Å². The van der Waals surface area contributed by atoms with Gasteiger partial charge in [0.05, 0.1) is 25.0 Å². The van der Waals surface area contributed by atoms with Crippen LogP contribution in [0.2, 0.25) is 5.02 Å². The summed E-state index contributed by atoms with van der Waals surface area (Å²) in [4.78, 5) is 31.0. The lowest BCUT2D eigenvalue weighted by molar-refractivity contribution is -0.142. The van der Waals surface area contributed by atoms with Crippen molar-refractivity contribution in [2.45, 2.75) is 45.5 Å². The molecule has 1 aromatic carbocycles. The molecule has 4 aromatic rings. The van der Waals surface area contributed by atoms with Crippen LogP contribution >= 0.6 is 11.6 Å². The van der Waals surface area contributed by atoms with E-state index in [9.17, 15) is 18.4 Å². The topological polar surface area (TPSA) is 128 Å². The number of anilines is 1. The zero-order chi connectivity index (χ0) is 30.3. The Morgan fingerprint density at radius 1 is 1.23 bits per heavy atom. The Balaban J connectivity index is 1.33. The van der Waals surface area contributed by atoms with E-state index in [0.29, 0.717) is 55.4 Å². The number of rotatable bonds is 12. The van der Waals surface area contributed by atoms with E-state index in [2.05, 4.69) is 25.8 Å². The second kappa shape index (κ2) is 13.8. The number of likely N-dealkylation sites (tertiary alicyclic amines) is 1. The van der Waals surface area contributed by atoms with E-state index in [1.165, 1.54) is 22.9 Å². The maximum Gasteiger partial charge on any atom is 0.387 e. The van der Waals surface area contributed by atoms with E-state index in [1.54, 1.807) is 47.2 Å². The molecule has 1 aliphatic rings. The van der Waals surface area contributed by atoms with Gasteiger partial charge in [-0.15, -0.1) is 0 Å². The zero-order valence-electron chi connectivity index (χ0n) is 23.4. The molecule has 5 rings (SSSR count). The Kier molecular flexibility index (Phi) is 9.67. The van der Waals surface area contributed by atoms with Gasteiger partial charge in [0.15, 0.2) is 5.65 Å². The highest BCUT2D eigenvalue weighted by molar-refractivity contribution is 6.31. The molecule has 2 N–H and O–H groups in total. The summed E-state index contributed by atoms with van der Waals surface area (Å²) in [6.45, 7) is 0.417. The monoisotopic (exact) mass is 616 g/mol. The van der Waals surface area contributed by atoms with Crippen molar-refractivity contribution in [1.29, 1.82) is 0 Å². The van der Waals surface area contributed by atoms with Crippen molar-refractivity contribution in [2.75, 3.05) is 31.6 Å². The Bertz CT molecular complexity index is 1570. The minimum absolute atomic E-state index is 0.0700. The van der Waals surface area contributed by atoms with Crippen molar-refractivity contribution < 1.29 is 27.8 Å². The number of esters is 1. The molecular formula is C28H31ClF2N8O4. The van der Waals surface area contributed by atoms with Crippen molar-refractivity contribution in [3.8, 4) is 17.0 Å². The molecule has 1 aliphatic heterocycles. The van der Waals surface area contributed by atoms with Crippen molar-refractivity contribution >= 4 is 34.8 Å². The van der Waals surface area contributed by atoms with Gasteiger partial charge in [-0.2, -0.15) is 19.0 Å². The first-order chi connectivity index (χ1) is 20.8. The van der Waals surface area contributed by atoms with Crippen molar-refractivity contribution in [1.82, 2.24) is 34.6 Å². The summed E-state index contributed by atoms with van der Waals surface area (Å²) in [6.07, 6.45) is 8.14. The molecule has 1 amide bonds. The Morgan fingerprint density at radius 2 is 2.05 bits per heavy atom. The van der Waals surface area contributed by atoms with E-state index in [1.807, 2.05) is 0 Å². The normalized spacial score (nSPS) is 13.9. The number of nitrogens with zero attached hydrogens (tertiary/aromatic N) is 6. The molecule has 0 atom stereocenters. The van der Waals surface area contributed by atoms with Gasteiger partial charge in [-0.05, 0) is 44.0 Å². The molecular weight excluding hydrogens is 586 g/mol. The predicted octanol–water partition coefficient (Wildman–Crippen LogP) is 3.60. The van der Waals surface area contributed by atoms with Crippen molar-refractivity contribution in [3.05, 3.63) is 59.6 Å². The lowest BCUT2D eigenvalue weighted by Crippen LogP contribution is -2.47. The average Bonchev–Trinajstić information content (AvgIpc) is 3.59. The molecule has 0 aliphatic carbocycles. The number of amides is 1. The number of piperidine rings is 1. The number of carbonyl (C=O) groups excluding carboxylic acids is 2. The van der Waals surface area contributed by atoms with Crippen LogP contribution in [0.25, 0.3) is 16.9 Å². The van der Waals surface area contributed by atoms with Crippen LogP contribution in [0.3, 0.4) is 0 Å². The van der Waals surface area contributed by atoms with Gasteiger partial charge in [0.2, 0.25) is 5.91 Å². The van der Waals surface area contributed by atoms with Crippen LogP contribution in [-0.2, 0) is 27.4 Å². The van der Waals surface area contributed by atoms with Gasteiger partial charge in [-0.1, -0.05) is 11.6 Å². The third-order valence-corrected chi connectivity index (χ3v) is 7.22. The summed E-state index contributed by atoms with van der Waals surface area (Å²) in [7, 11) is 0. The molecule has 228 valence electrons. The summed E-state index contributed by atoms with van der Waals surface area (Å²) in [6, 6.07) is 6.16. The number of hydrogen-bond acceptors (Lipinski definition) is 9. The highest BCUT2D eigenvalue weighted by Gasteiger charge is 2.25. The van der Waals surface area contributed by atoms with Gasteiger partial charge < -0.3 is 25.0 Å². The molecule has 4 heterocycles. The summed E-state index contributed by atoms with van der Waals surface area (Å²) in [5, 5.41) is 15.7. The molecule has 1 saturated heterocycles. The minimum Gasteiger partial charge on any atom is -0.465 e. The maximum atomic E-state index is 13.2. The van der Waals surface area contributed by atoms with Gasteiger partial charge in [-0.25, -0.2) is 9.50 Å². The summed E-state index contributed by atoms with van der Waals surface area (Å²) in [5.41, 5.74) is 2.46. The smallest absolute Gasteiger partial charge is 0.387 e. The number of benzene rings is 1. The molecule has 43 heavy (non-hydrogen) atoms. The SMILES string of the molecule is CCOC(=O)CNC1CCN(C(=O)Cn2cc(NCc3cnn4cccnc34)c(-c3cc(Cl)ccc3OC(F)F)n2)CC1. The van der Waals surface area contributed by atoms with Gasteiger partial charge >= 0.3 is 12.6 Å². The number of fused-ring (bicyclic) bond motifs is 1. The Hall–Kier alpha value is -4.30. The summed E-state index contributed by atoms with van der Waals surface area (Å²) < 4.78 is 39.3. The fraction of sp³-hybridized carbons (Fsp3) is 0.393.